The van der Waals surface area contributed by atoms with Gasteiger partial charge in [-0.15, -0.1) is 11.6 Å². The zero-order valence-electron chi connectivity index (χ0n) is 10.3. The lowest BCUT2D eigenvalue weighted by molar-refractivity contribution is 0.749. The Morgan fingerprint density at radius 1 is 1.28 bits per heavy atom. The molecule has 0 aliphatic carbocycles. The van der Waals surface area contributed by atoms with Gasteiger partial charge in [-0.2, -0.15) is 5.10 Å². The second kappa shape index (κ2) is 4.14. The molecule has 92 valence electrons. The van der Waals surface area contributed by atoms with Crippen LogP contribution in [0.5, 0.6) is 0 Å². The van der Waals surface area contributed by atoms with Crippen LogP contribution >= 0.6 is 11.6 Å². The first-order chi connectivity index (χ1) is 8.70. The van der Waals surface area contributed by atoms with Crippen molar-refractivity contribution in [3.8, 4) is 5.82 Å². The average Bonchev–Trinajstić information content (AvgIpc) is 2.93. The molecule has 0 aliphatic heterocycles. The molecule has 1 aromatic carbocycles. The second-order valence-corrected chi connectivity index (χ2v) is 4.55. The van der Waals surface area contributed by atoms with E-state index in [2.05, 4.69) is 23.1 Å². The molecule has 0 radical (unpaired) electrons. The van der Waals surface area contributed by atoms with E-state index in [0.717, 1.165) is 28.2 Å². The van der Waals surface area contributed by atoms with Crippen LogP contribution in [0.4, 0.5) is 0 Å². The van der Waals surface area contributed by atoms with Crippen molar-refractivity contribution in [1.82, 2.24) is 19.3 Å². The summed E-state index contributed by atoms with van der Waals surface area (Å²) in [5.74, 6) is 2.03. The van der Waals surface area contributed by atoms with Crippen LogP contribution in [0, 0.1) is 6.92 Å². The quantitative estimate of drug-likeness (QED) is 0.664. The van der Waals surface area contributed by atoms with Crippen molar-refractivity contribution in [2.45, 2.75) is 12.8 Å². The summed E-state index contributed by atoms with van der Waals surface area (Å²) < 4.78 is 3.78. The van der Waals surface area contributed by atoms with E-state index in [1.165, 1.54) is 0 Å². The standard InChI is InChI=1S/C13H13ClN4/c1-9-4-3-5-10-13(9)15-12(8-14)18(10)11-6-7-17(2)16-11/h3-7H,8H2,1-2H3. The van der Waals surface area contributed by atoms with Crippen molar-refractivity contribution < 1.29 is 0 Å². The number of hydrogen-bond acceptors (Lipinski definition) is 2. The highest BCUT2D eigenvalue weighted by molar-refractivity contribution is 6.17. The van der Waals surface area contributed by atoms with Gasteiger partial charge >= 0.3 is 0 Å². The van der Waals surface area contributed by atoms with Gasteiger partial charge in [-0.3, -0.25) is 9.25 Å². The molecule has 0 atom stereocenters. The molecule has 0 unspecified atom stereocenters. The van der Waals surface area contributed by atoms with E-state index in [1.807, 2.05) is 36.0 Å². The zero-order chi connectivity index (χ0) is 12.7. The Balaban J connectivity index is 2.36. The fraction of sp³-hybridized carbons (Fsp3) is 0.231. The molecule has 0 bridgehead atoms. The Hall–Kier alpha value is -1.81. The first-order valence-electron chi connectivity index (χ1n) is 5.73. The van der Waals surface area contributed by atoms with E-state index in [-0.39, 0.29) is 0 Å². The average molecular weight is 261 g/mol. The smallest absolute Gasteiger partial charge is 0.160 e. The summed E-state index contributed by atoms with van der Waals surface area (Å²) in [5.41, 5.74) is 3.18. The minimum Gasteiger partial charge on any atom is -0.278 e. The monoisotopic (exact) mass is 260 g/mol. The van der Waals surface area contributed by atoms with Gasteiger partial charge in [-0.1, -0.05) is 12.1 Å². The minimum absolute atomic E-state index is 0.366. The van der Waals surface area contributed by atoms with Crippen LogP contribution in [0.15, 0.2) is 30.5 Å². The summed E-state index contributed by atoms with van der Waals surface area (Å²) in [7, 11) is 1.90. The Kier molecular flexibility index (Phi) is 2.59. The van der Waals surface area contributed by atoms with E-state index >= 15 is 0 Å². The van der Waals surface area contributed by atoms with Gasteiger partial charge in [-0.05, 0) is 18.6 Å². The molecule has 0 amide bonds. The number of alkyl halides is 1. The molecule has 0 saturated carbocycles. The van der Waals surface area contributed by atoms with Crippen LogP contribution in [0.25, 0.3) is 16.9 Å². The third-order valence-electron chi connectivity index (χ3n) is 3.00. The molecule has 2 aromatic heterocycles. The van der Waals surface area contributed by atoms with E-state index in [1.54, 1.807) is 4.68 Å². The summed E-state index contributed by atoms with van der Waals surface area (Å²) in [5, 5.41) is 4.42. The van der Waals surface area contributed by atoms with Gasteiger partial charge in [0.15, 0.2) is 5.82 Å². The van der Waals surface area contributed by atoms with Gasteiger partial charge in [0.1, 0.15) is 5.82 Å². The number of fused-ring (bicyclic) bond motifs is 1. The molecule has 0 saturated heterocycles. The van der Waals surface area contributed by atoms with Crippen molar-refractivity contribution in [3.63, 3.8) is 0 Å². The molecular formula is C13H13ClN4. The number of para-hydroxylation sites is 1. The first kappa shape index (κ1) is 11.3. The van der Waals surface area contributed by atoms with Crippen molar-refractivity contribution in [1.29, 1.82) is 0 Å². The molecule has 3 aromatic rings. The van der Waals surface area contributed by atoms with Crippen LogP contribution < -0.4 is 0 Å². The number of hydrogen-bond donors (Lipinski definition) is 0. The number of aryl methyl sites for hydroxylation is 2. The number of nitrogens with zero attached hydrogens (tertiary/aromatic N) is 4. The summed E-state index contributed by atoms with van der Waals surface area (Å²) >= 11 is 5.99. The molecule has 3 rings (SSSR count). The van der Waals surface area contributed by atoms with Gasteiger partial charge < -0.3 is 0 Å². The van der Waals surface area contributed by atoms with E-state index < -0.39 is 0 Å². The number of benzene rings is 1. The van der Waals surface area contributed by atoms with Crippen molar-refractivity contribution >= 4 is 22.6 Å². The third-order valence-corrected chi connectivity index (χ3v) is 3.24. The maximum absolute atomic E-state index is 5.99. The highest BCUT2D eigenvalue weighted by Gasteiger charge is 2.14. The maximum Gasteiger partial charge on any atom is 0.160 e. The van der Waals surface area contributed by atoms with Gasteiger partial charge in [0.05, 0.1) is 16.9 Å². The van der Waals surface area contributed by atoms with Gasteiger partial charge in [0.25, 0.3) is 0 Å². The number of aromatic nitrogens is 4. The summed E-state index contributed by atoms with van der Waals surface area (Å²) in [4.78, 5) is 4.60. The van der Waals surface area contributed by atoms with Crippen LogP contribution in [0.3, 0.4) is 0 Å². The van der Waals surface area contributed by atoms with Crippen LogP contribution in [-0.4, -0.2) is 19.3 Å². The lowest BCUT2D eigenvalue weighted by atomic mass is 10.2. The number of halogens is 1. The molecule has 18 heavy (non-hydrogen) atoms. The third kappa shape index (κ3) is 1.61. The molecule has 0 aliphatic rings. The minimum atomic E-state index is 0.366. The molecular weight excluding hydrogens is 248 g/mol. The molecule has 0 N–H and O–H groups in total. The zero-order valence-corrected chi connectivity index (χ0v) is 11.0. The van der Waals surface area contributed by atoms with E-state index in [9.17, 15) is 0 Å². The maximum atomic E-state index is 5.99. The lowest BCUT2D eigenvalue weighted by Crippen LogP contribution is -2.01. The largest absolute Gasteiger partial charge is 0.278 e. The first-order valence-corrected chi connectivity index (χ1v) is 6.27. The Labute approximate surface area is 110 Å². The predicted octanol–water partition coefficient (Wildman–Crippen LogP) is 2.81. The Bertz CT molecular complexity index is 711. The van der Waals surface area contributed by atoms with Crippen molar-refractivity contribution in [2.24, 2.45) is 7.05 Å². The van der Waals surface area contributed by atoms with Crippen molar-refractivity contribution in [3.05, 3.63) is 41.9 Å². The second-order valence-electron chi connectivity index (χ2n) is 4.29. The highest BCUT2D eigenvalue weighted by atomic mass is 35.5. The highest BCUT2D eigenvalue weighted by Crippen LogP contribution is 2.23. The fourth-order valence-corrected chi connectivity index (χ4v) is 2.33. The topological polar surface area (TPSA) is 35.6 Å². The number of rotatable bonds is 2. The Morgan fingerprint density at radius 3 is 2.78 bits per heavy atom. The van der Waals surface area contributed by atoms with E-state index in [0.29, 0.717) is 5.88 Å². The molecule has 0 spiro atoms. The normalized spacial score (nSPS) is 11.3. The molecule has 2 heterocycles. The summed E-state index contributed by atoms with van der Waals surface area (Å²) in [6, 6.07) is 8.08. The molecule has 4 nitrogen and oxygen atoms in total. The lowest BCUT2D eigenvalue weighted by Gasteiger charge is -2.03. The molecule has 5 heteroatoms. The SMILES string of the molecule is Cc1cccc2c1nc(CCl)n2-c1ccn(C)n1. The van der Waals surface area contributed by atoms with E-state index in [4.69, 9.17) is 11.6 Å². The van der Waals surface area contributed by atoms with Crippen molar-refractivity contribution in [2.75, 3.05) is 0 Å². The van der Waals surface area contributed by atoms with Crippen LogP contribution in [0.1, 0.15) is 11.4 Å². The van der Waals surface area contributed by atoms with Gasteiger partial charge in [0, 0.05) is 19.3 Å². The number of imidazole rings is 1. The Morgan fingerprint density at radius 2 is 2.11 bits per heavy atom. The van der Waals surface area contributed by atoms with Crippen LogP contribution in [-0.2, 0) is 12.9 Å². The fourth-order valence-electron chi connectivity index (χ4n) is 2.15. The predicted molar refractivity (Wildman–Crippen MR) is 72.1 cm³/mol. The van der Waals surface area contributed by atoms with Gasteiger partial charge in [0.2, 0.25) is 0 Å². The summed E-state index contributed by atoms with van der Waals surface area (Å²) in [6.07, 6.45) is 1.91. The summed E-state index contributed by atoms with van der Waals surface area (Å²) in [6.45, 7) is 2.05. The van der Waals surface area contributed by atoms with Gasteiger partial charge in [-0.25, -0.2) is 4.98 Å². The van der Waals surface area contributed by atoms with Crippen LogP contribution in [0.2, 0.25) is 0 Å². The molecule has 0 fully saturated rings.